The van der Waals surface area contributed by atoms with Crippen LogP contribution in [0.2, 0.25) is 0 Å². The summed E-state index contributed by atoms with van der Waals surface area (Å²) < 4.78 is 4.99. The zero-order chi connectivity index (χ0) is 16.9. The van der Waals surface area contributed by atoms with Crippen LogP contribution in [-0.2, 0) is 4.74 Å². The fraction of sp³-hybridized carbons (Fsp3) is 0.500. The molecule has 0 bridgehead atoms. The van der Waals surface area contributed by atoms with Crippen LogP contribution < -0.4 is 5.32 Å². The van der Waals surface area contributed by atoms with Gasteiger partial charge in [-0.25, -0.2) is 9.59 Å². The van der Waals surface area contributed by atoms with Gasteiger partial charge in [-0.2, -0.15) is 0 Å². The molecule has 0 aliphatic carbocycles. The third kappa shape index (κ3) is 5.66. The van der Waals surface area contributed by atoms with Crippen LogP contribution in [0.25, 0.3) is 0 Å². The highest BCUT2D eigenvalue weighted by Gasteiger charge is 2.23. The maximum absolute atomic E-state index is 11.4. The minimum atomic E-state index is -1.44. The maximum Gasteiger partial charge on any atom is 0.407 e. The first kappa shape index (κ1) is 17.9. The number of ether oxygens (including phenoxy) is 1. The Balaban J connectivity index is 2.62. The van der Waals surface area contributed by atoms with E-state index in [0.29, 0.717) is 0 Å². The van der Waals surface area contributed by atoms with Crippen molar-refractivity contribution < 1.29 is 29.6 Å². The second kappa shape index (κ2) is 7.19. The molecule has 4 N–H and O–H groups in total. The number of alkyl carbamates (subject to hydrolysis) is 1. The molecule has 0 radical (unpaired) electrons. The SMILES string of the molecule is CC(C)(C)OC(=O)NCC(O)C(O)c1cc(C(=O)O)ccn1. The largest absolute Gasteiger partial charge is 0.478 e. The predicted molar refractivity (Wildman–Crippen MR) is 76.4 cm³/mol. The Hall–Kier alpha value is -2.19. The van der Waals surface area contributed by atoms with E-state index in [0.717, 1.165) is 6.07 Å². The average Bonchev–Trinajstić information content (AvgIpc) is 2.42. The monoisotopic (exact) mass is 312 g/mol. The Kier molecular flexibility index (Phi) is 5.84. The number of carboxylic acids is 1. The number of hydrogen-bond acceptors (Lipinski definition) is 6. The van der Waals surface area contributed by atoms with E-state index in [-0.39, 0.29) is 17.8 Å². The summed E-state index contributed by atoms with van der Waals surface area (Å²) in [6.45, 7) is 4.81. The van der Waals surface area contributed by atoms with Gasteiger partial charge in [0.1, 0.15) is 17.8 Å². The average molecular weight is 312 g/mol. The number of rotatable bonds is 5. The molecule has 0 aliphatic rings. The lowest BCUT2D eigenvalue weighted by Crippen LogP contribution is -2.39. The van der Waals surface area contributed by atoms with Crippen molar-refractivity contribution in [1.29, 1.82) is 0 Å². The lowest BCUT2D eigenvalue weighted by Gasteiger charge is -2.22. The van der Waals surface area contributed by atoms with Gasteiger partial charge in [0.25, 0.3) is 0 Å². The van der Waals surface area contributed by atoms with E-state index in [1.165, 1.54) is 12.3 Å². The zero-order valence-corrected chi connectivity index (χ0v) is 12.6. The highest BCUT2D eigenvalue weighted by atomic mass is 16.6. The van der Waals surface area contributed by atoms with Crippen molar-refractivity contribution in [1.82, 2.24) is 10.3 Å². The highest BCUT2D eigenvalue weighted by Crippen LogP contribution is 2.16. The van der Waals surface area contributed by atoms with E-state index in [4.69, 9.17) is 9.84 Å². The molecule has 22 heavy (non-hydrogen) atoms. The van der Waals surface area contributed by atoms with E-state index in [1.807, 2.05) is 0 Å². The molecule has 1 aromatic heterocycles. The fourth-order valence-electron chi connectivity index (χ4n) is 1.55. The summed E-state index contributed by atoms with van der Waals surface area (Å²) in [5, 5.41) is 31.0. The zero-order valence-electron chi connectivity index (χ0n) is 12.6. The molecule has 0 fully saturated rings. The molecule has 0 saturated carbocycles. The van der Waals surface area contributed by atoms with Gasteiger partial charge in [-0.15, -0.1) is 0 Å². The second-order valence-corrected chi connectivity index (χ2v) is 5.67. The van der Waals surface area contributed by atoms with E-state index < -0.39 is 29.9 Å². The number of aliphatic hydroxyl groups excluding tert-OH is 2. The van der Waals surface area contributed by atoms with E-state index in [9.17, 15) is 19.8 Å². The Morgan fingerprint density at radius 2 is 2.00 bits per heavy atom. The molecule has 1 aromatic rings. The van der Waals surface area contributed by atoms with Crippen LogP contribution in [0.3, 0.4) is 0 Å². The van der Waals surface area contributed by atoms with Gasteiger partial charge in [-0.3, -0.25) is 4.98 Å². The highest BCUT2D eigenvalue weighted by molar-refractivity contribution is 5.87. The van der Waals surface area contributed by atoms with Crippen molar-refractivity contribution >= 4 is 12.1 Å². The van der Waals surface area contributed by atoms with Crippen LogP contribution in [0.1, 0.15) is 42.9 Å². The minimum Gasteiger partial charge on any atom is -0.478 e. The van der Waals surface area contributed by atoms with Gasteiger partial charge in [0.2, 0.25) is 0 Å². The smallest absolute Gasteiger partial charge is 0.407 e. The number of carboxylic acid groups (broad SMARTS) is 1. The number of aliphatic hydroxyl groups is 2. The Labute approximate surface area is 127 Å². The maximum atomic E-state index is 11.4. The summed E-state index contributed by atoms with van der Waals surface area (Å²) in [6.07, 6.45) is -2.31. The molecule has 8 heteroatoms. The molecule has 0 aliphatic heterocycles. The molecule has 8 nitrogen and oxygen atoms in total. The topological polar surface area (TPSA) is 129 Å². The van der Waals surface area contributed by atoms with Crippen molar-refractivity contribution in [2.75, 3.05) is 6.54 Å². The van der Waals surface area contributed by atoms with Crippen LogP contribution in [0.15, 0.2) is 18.3 Å². The van der Waals surface area contributed by atoms with E-state index in [2.05, 4.69) is 10.3 Å². The molecule has 0 saturated heterocycles. The Morgan fingerprint density at radius 3 is 2.55 bits per heavy atom. The minimum absolute atomic E-state index is 0.00149. The van der Waals surface area contributed by atoms with Crippen LogP contribution in [-0.4, -0.2) is 50.6 Å². The molecule has 122 valence electrons. The summed E-state index contributed by atoms with van der Waals surface area (Å²) in [4.78, 5) is 26.1. The molecule has 1 rings (SSSR count). The summed E-state index contributed by atoms with van der Waals surface area (Å²) >= 11 is 0. The number of aromatic carboxylic acids is 1. The number of pyridine rings is 1. The normalized spacial score (nSPS) is 14.0. The van der Waals surface area contributed by atoms with Crippen LogP contribution in [0.5, 0.6) is 0 Å². The van der Waals surface area contributed by atoms with Crippen LogP contribution in [0.4, 0.5) is 4.79 Å². The molecular weight excluding hydrogens is 292 g/mol. The number of nitrogens with zero attached hydrogens (tertiary/aromatic N) is 1. The lowest BCUT2D eigenvalue weighted by atomic mass is 10.1. The van der Waals surface area contributed by atoms with Crippen molar-refractivity contribution in [3.8, 4) is 0 Å². The third-order valence-electron chi connectivity index (χ3n) is 2.55. The first-order valence-corrected chi connectivity index (χ1v) is 6.62. The van der Waals surface area contributed by atoms with Gasteiger partial charge in [-0.05, 0) is 32.9 Å². The van der Waals surface area contributed by atoms with Gasteiger partial charge in [-0.1, -0.05) is 0 Å². The van der Waals surface area contributed by atoms with E-state index >= 15 is 0 Å². The summed E-state index contributed by atoms with van der Waals surface area (Å²) in [7, 11) is 0. The van der Waals surface area contributed by atoms with Crippen molar-refractivity contribution in [2.24, 2.45) is 0 Å². The summed E-state index contributed by atoms with van der Waals surface area (Å²) in [6, 6.07) is 2.42. The Morgan fingerprint density at radius 1 is 1.36 bits per heavy atom. The standard InChI is InChI=1S/C14H20N2O6/c1-14(2,3)22-13(21)16-7-10(17)11(18)9-6-8(12(19)20)4-5-15-9/h4-6,10-11,17-18H,7H2,1-3H3,(H,16,21)(H,19,20). The number of carbonyl (C=O) groups is 2. The van der Waals surface area contributed by atoms with Crippen molar-refractivity contribution in [3.05, 3.63) is 29.6 Å². The van der Waals surface area contributed by atoms with Crippen LogP contribution in [0, 0.1) is 0 Å². The molecule has 0 aromatic carbocycles. The lowest BCUT2D eigenvalue weighted by molar-refractivity contribution is 0.0108. The fourth-order valence-corrected chi connectivity index (χ4v) is 1.55. The third-order valence-corrected chi connectivity index (χ3v) is 2.55. The quantitative estimate of drug-likeness (QED) is 0.629. The summed E-state index contributed by atoms with van der Waals surface area (Å²) in [5.41, 5.74) is -0.736. The second-order valence-electron chi connectivity index (χ2n) is 5.67. The molecule has 1 amide bonds. The first-order valence-electron chi connectivity index (χ1n) is 6.62. The molecule has 0 spiro atoms. The van der Waals surface area contributed by atoms with Crippen molar-refractivity contribution in [2.45, 2.75) is 38.6 Å². The number of nitrogens with one attached hydrogen (secondary N) is 1. The van der Waals surface area contributed by atoms with Gasteiger partial charge in [0.05, 0.1) is 11.3 Å². The van der Waals surface area contributed by atoms with Crippen molar-refractivity contribution in [3.63, 3.8) is 0 Å². The number of aromatic nitrogens is 1. The molecule has 2 unspecified atom stereocenters. The first-order chi connectivity index (χ1) is 10.1. The molecule has 1 heterocycles. The Bertz CT molecular complexity index is 540. The number of amides is 1. The number of carbonyl (C=O) groups excluding carboxylic acids is 1. The molecule has 2 atom stereocenters. The summed E-state index contributed by atoms with van der Waals surface area (Å²) in [5.74, 6) is -1.17. The molecular formula is C14H20N2O6. The number of hydrogen-bond donors (Lipinski definition) is 4. The van der Waals surface area contributed by atoms with Crippen LogP contribution >= 0.6 is 0 Å². The van der Waals surface area contributed by atoms with Gasteiger partial charge in [0, 0.05) is 12.7 Å². The van der Waals surface area contributed by atoms with Gasteiger partial charge < -0.3 is 25.4 Å². The predicted octanol–water partition coefficient (Wildman–Crippen LogP) is 0.699. The van der Waals surface area contributed by atoms with Gasteiger partial charge in [0.15, 0.2) is 0 Å². The van der Waals surface area contributed by atoms with Gasteiger partial charge >= 0.3 is 12.1 Å². The van der Waals surface area contributed by atoms with E-state index in [1.54, 1.807) is 20.8 Å².